The minimum absolute atomic E-state index is 0.0236. The third-order valence-electron chi connectivity index (χ3n) is 4.48. The number of methoxy groups -OCH3 is 1. The summed E-state index contributed by atoms with van der Waals surface area (Å²) in [5.41, 5.74) is 1.10. The van der Waals surface area contributed by atoms with E-state index >= 15 is 0 Å². The van der Waals surface area contributed by atoms with Crippen molar-refractivity contribution in [2.45, 2.75) is 12.8 Å². The Morgan fingerprint density at radius 3 is 2.74 bits per heavy atom. The molecule has 2 aromatic carbocycles. The molecule has 0 unspecified atom stereocenters. The van der Waals surface area contributed by atoms with Gasteiger partial charge in [0.05, 0.1) is 23.3 Å². The number of carboxylic acids is 1. The monoisotopic (exact) mass is 456 g/mol. The second kappa shape index (κ2) is 10.2. The van der Waals surface area contributed by atoms with Crippen LogP contribution >= 0.6 is 24.0 Å². The van der Waals surface area contributed by atoms with Gasteiger partial charge in [0.2, 0.25) is 5.91 Å². The molecule has 9 heteroatoms. The molecule has 160 valence electrons. The normalized spacial score (nSPS) is 14.7. The summed E-state index contributed by atoms with van der Waals surface area (Å²) in [4.78, 5) is 38.2. The number of anilines is 1. The van der Waals surface area contributed by atoms with Crippen LogP contribution in [0.5, 0.6) is 5.75 Å². The zero-order chi connectivity index (χ0) is 22.4. The van der Waals surface area contributed by atoms with Crippen molar-refractivity contribution in [3.8, 4) is 5.75 Å². The maximum Gasteiger partial charge on any atom is 0.337 e. The molecule has 1 fully saturated rings. The van der Waals surface area contributed by atoms with Crippen molar-refractivity contribution in [1.82, 2.24) is 4.90 Å². The smallest absolute Gasteiger partial charge is 0.337 e. The van der Waals surface area contributed by atoms with Crippen molar-refractivity contribution in [3.05, 3.63) is 64.6 Å². The number of thioether (sulfide) groups is 1. The Kier molecular flexibility index (Phi) is 7.43. The fraction of sp³-hybridized carbons (Fsp3) is 0.182. The summed E-state index contributed by atoms with van der Waals surface area (Å²) >= 11 is 6.54. The van der Waals surface area contributed by atoms with Gasteiger partial charge in [-0.1, -0.05) is 48.2 Å². The fourth-order valence-electron chi connectivity index (χ4n) is 2.96. The average molecular weight is 457 g/mol. The predicted molar refractivity (Wildman–Crippen MR) is 124 cm³/mol. The number of nitrogens with zero attached hydrogens (tertiary/aromatic N) is 1. The van der Waals surface area contributed by atoms with E-state index < -0.39 is 5.97 Å². The van der Waals surface area contributed by atoms with Crippen LogP contribution in [-0.4, -0.2) is 45.8 Å². The number of rotatable bonds is 8. The molecule has 0 atom stereocenters. The Balaban J connectivity index is 1.56. The van der Waals surface area contributed by atoms with Gasteiger partial charge in [-0.05, 0) is 42.3 Å². The number of hydrogen-bond donors (Lipinski definition) is 2. The highest BCUT2D eigenvalue weighted by atomic mass is 32.2. The van der Waals surface area contributed by atoms with Gasteiger partial charge in [-0.15, -0.1) is 0 Å². The van der Waals surface area contributed by atoms with Crippen molar-refractivity contribution >= 4 is 57.8 Å². The third-order valence-corrected chi connectivity index (χ3v) is 5.86. The molecule has 1 aliphatic rings. The minimum atomic E-state index is -1.11. The van der Waals surface area contributed by atoms with Gasteiger partial charge in [0.15, 0.2) is 0 Å². The second-order valence-electron chi connectivity index (χ2n) is 6.61. The number of benzene rings is 2. The number of amides is 2. The van der Waals surface area contributed by atoms with Crippen LogP contribution in [0.2, 0.25) is 0 Å². The van der Waals surface area contributed by atoms with Crippen LogP contribution in [0, 0.1) is 0 Å². The van der Waals surface area contributed by atoms with Crippen molar-refractivity contribution in [2.24, 2.45) is 0 Å². The van der Waals surface area contributed by atoms with Gasteiger partial charge in [-0.3, -0.25) is 14.5 Å². The molecule has 2 N–H and O–H groups in total. The quantitative estimate of drug-likeness (QED) is 0.458. The van der Waals surface area contributed by atoms with Gasteiger partial charge < -0.3 is 15.2 Å². The fourth-order valence-corrected chi connectivity index (χ4v) is 4.27. The largest absolute Gasteiger partial charge is 0.497 e. The number of aromatic carboxylic acids is 1. The summed E-state index contributed by atoms with van der Waals surface area (Å²) in [6.45, 7) is 0.300. The Morgan fingerprint density at radius 1 is 1.23 bits per heavy atom. The van der Waals surface area contributed by atoms with Crippen molar-refractivity contribution in [1.29, 1.82) is 0 Å². The zero-order valence-corrected chi connectivity index (χ0v) is 18.3. The molecule has 31 heavy (non-hydrogen) atoms. The highest BCUT2D eigenvalue weighted by Crippen LogP contribution is 2.33. The van der Waals surface area contributed by atoms with E-state index in [4.69, 9.17) is 17.0 Å². The molecular formula is C22H20N2O5S2. The third kappa shape index (κ3) is 5.71. The standard InChI is InChI=1S/C22H20N2O5S2/c1-29-15-7-4-6-14(12-15)13-18-20(26)24(22(30)31-18)11-5-10-19(25)23-17-9-3-2-8-16(17)21(27)28/h2-4,6-9,12-13H,5,10-11H2,1H3,(H,23,25)(H,27,28). The molecule has 1 heterocycles. The van der Waals surface area contributed by atoms with Crippen LogP contribution in [0.3, 0.4) is 0 Å². The lowest BCUT2D eigenvalue weighted by Crippen LogP contribution is -2.29. The lowest BCUT2D eigenvalue weighted by molar-refractivity contribution is -0.122. The number of para-hydroxylation sites is 1. The van der Waals surface area contributed by atoms with Gasteiger partial charge >= 0.3 is 5.97 Å². The van der Waals surface area contributed by atoms with E-state index in [-0.39, 0.29) is 29.5 Å². The minimum Gasteiger partial charge on any atom is -0.497 e. The molecule has 2 aromatic rings. The number of ether oxygens (including phenoxy) is 1. The topological polar surface area (TPSA) is 95.9 Å². The van der Waals surface area contributed by atoms with Crippen LogP contribution in [0.1, 0.15) is 28.8 Å². The molecule has 3 rings (SSSR count). The van der Waals surface area contributed by atoms with Gasteiger partial charge in [0.1, 0.15) is 10.1 Å². The molecule has 0 aromatic heterocycles. The van der Waals surface area contributed by atoms with Gasteiger partial charge in [-0.2, -0.15) is 0 Å². The maximum atomic E-state index is 12.7. The number of carboxylic acid groups (broad SMARTS) is 1. The number of nitrogens with one attached hydrogen (secondary N) is 1. The van der Waals surface area contributed by atoms with Crippen LogP contribution in [0.25, 0.3) is 6.08 Å². The summed E-state index contributed by atoms with van der Waals surface area (Å²) in [5.74, 6) is -0.948. The molecule has 0 spiro atoms. The number of thiocarbonyl (C=S) groups is 1. The lowest BCUT2D eigenvalue weighted by Gasteiger charge is -2.14. The van der Waals surface area contributed by atoms with Crippen LogP contribution < -0.4 is 10.1 Å². The number of carbonyl (C=O) groups is 3. The first kappa shape index (κ1) is 22.5. The summed E-state index contributed by atoms with van der Waals surface area (Å²) < 4.78 is 5.64. The lowest BCUT2D eigenvalue weighted by atomic mass is 10.1. The van der Waals surface area contributed by atoms with Crippen LogP contribution in [0.15, 0.2) is 53.4 Å². The van der Waals surface area contributed by atoms with Crippen LogP contribution in [-0.2, 0) is 9.59 Å². The van der Waals surface area contributed by atoms with Crippen LogP contribution in [0.4, 0.5) is 5.69 Å². The Labute approximate surface area is 189 Å². The van der Waals surface area contributed by atoms with Crippen molar-refractivity contribution in [3.63, 3.8) is 0 Å². The van der Waals surface area contributed by atoms with E-state index in [1.165, 1.54) is 28.8 Å². The molecule has 0 aliphatic carbocycles. The number of carbonyl (C=O) groups excluding carboxylic acids is 2. The molecule has 7 nitrogen and oxygen atoms in total. The van der Waals surface area contributed by atoms with E-state index in [2.05, 4.69) is 5.32 Å². The average Bonchev–Trinajstić information content (AvgIpc) is 3.01. The van der Waals surface area contributed by atoms with E-state index in [9.17, 15) is 19.5 Å². The Hall–Kier alpha value is -3.17. The summed E-state index contributed by atoms with van der Waals surface area (Å²) in [6.07, 6.45) is 2.28. The molecule has 1 saturated heterocycles. The molecule has 0 saturated carbocycles. The molecular weight excluding hydrogens is 436 g/mol. The molecule has 0 radical (unpaired) electrons. The summed E-state index contributed by atoms with van der Waals surface area (Å²) in [5, 5.41) is 11.8. The van der Waals surface area contributed by atoms with Gasteiger partial charge in [0.25, 0.3) is 5.91 Å². The highest BCUT2D eigenvalue weighted by molar-refractivity contribution is 8.26. The van der Waals surface area contributed by atoms with Crippen molar-refractivity contribution < 1.29 is 24.2 Å². The van der Waals surface area contributed by atoms with E-state index in [0.29, 0.717) is 27.9 Å². The molecule has 2 amide bonds. The first-order chi connectivity index (χ1) is 14.9. The summed E-state index contributed by atoms with van der Waals surface area (Å²) in [6, 6.07) is 13.6. The van der Waals surface area contributed by atoms with E-state index in [0.717, 1.165) is 5.56 Å². The molecule has 0 bridgehead atoms. The van der Waals surface area contributed by atoms with Gasteiger partial charge in [0, 0.05) is 13.0 Å². The van der Waals surface area contributed by atoms with Crippen molar-refractivity contribution in [2.75, 3.05) is 19.0 Å². The second-order valence-corrected chi connectivity index (χ2v) is 8.29. The molecule has 1 aliphatic heterocycles. The van der Waals surface area contributed by atoms with E-state index in [1.54, 1.807) is 25.3 Å². The Morgan fingerprint density at radius 2 is 2.00 bits per heavy atom. The highest BCUT2D eigenvalue weighted by Gasteiger charge is 2.31. The summed E-state index contributed by atoms with van der Waals surface area (Å²) in [7, 11) is 1.58. The zero-order valence-electron chi connectivity index (χ0n) is 16.7. The van der Waals surface area contributed by atoms with E-state index in [1.807, 2.05) is 24.3 Å². The Bertz CT molecular complexity index is 1070. The predicted octanol–water partition coefficient (Wildman–Crippen LogP) is 4.01. The first-order valence-corrected chi connectivity index (χ1v) is 10.6. The van der Waals surface area contributed by atoms with Gasteiger partial charge in [-0.25, -0.2) is 4.79 Å². The first-order valence-electron chi connectivity index (χ1n) is 9.40. The number of hydrogen-bond acceptors (Lipinski definition) is 6. The maximum absolute atomic E-state index is 12.7. The SMILES string of the molecule is COc1cccc(C=C2SC(=S)N(CCCC(=O)Nc3ccccc3C(=O)O)C2=O)c1.